The summed E-state index contributed by atoms with van der Waals surface area (Å²) >= 11 is 0. The highest BCUT2D eigenvalue weighted by Gasteiger charge is 2.22. The Hall–Kier alpha value is -3.14. The van der Waals surface area contributed by atoms with E-state index in [0.717, 1.165) is 36.5 Å². The molecule has 3 nitrogen and oxygen atoms in total. The van der Waals surface area contributed by atoms with Crippen LogP contribution < -0.4 is 4.90 Å². The molecule has 1 aliphatic rings. The summed E-state index contributed by atoms with van der Waals surface area (Å²) in [4.78, 5) is 7.16. The minimum Gasteiger partial charge on any atom is -0.351 e. The maximum absolute atomic E-state index is 14.3. The summed E-state index contributed by atoms with van der Waals surface area (Å²) in [6.45, 7) is 6.62. The van der Waals surface area contributed by atoms with Gasteiger partial charge in [0.15, 0.2) is 0 Å². The molecule has 0 bridgehead atoms. The SMILES string of the molecule is Cc1c(C)n(Cc2ccccc2F)c2ccnc(N3CCc4ccccc4C3)c12. The van der Waals surface area contributed by atoms with Crippen LogP contribution in [0.1, 0.15) is 27.9 Å². The number of hydrogen-bond acceptors (Lipinski definition) is 2. The van der Waals surface area contributed by atoms with Gasteiger partial charge in [0.25, 0.3) is 0 Å². The number of anilines is 1. The average molecular weight is 385 g/mol. The Labute approximate surface area is 170 Å². The topological polar surface area (TPSA) is 21.1 Å². The van der Waals surface area contributed by atoms with Gasteiger partial charge in [0.2, 0.25) is 0 Å². The fourth-order valence-electron chi connectivity index (χ4n) is 4.51. The highest BCUT2D eigenvalue weighted by atomic mass is 19.1. The van der Waals surface area contributed by atoms with Crippen molar-refractivity contribution in [3.05, 3.63) is 94.6 Å². The Bertz CT molecular complexity index is 1210. The van der Waals surface area contributed by atoms with E-state index in [1.165, 1.54) is 28.1 Å². The van der Waals surface area contributed by atoms with Crippen molar-refractivity contribution >= 4 is 16.7 Å². The Balaban J connectivity index is 1.60. The summed E-state index contributed by atoms with van der Waals surface area (Å²) in [5.74, 6) is 0.873. The van der Waals surface area contributed by atoms with Gasteiger partial charge in [-0.3, -0.25) is 0 Å². The highest BCUT2D eigenvalue weighted by Crippen LogP contribution is 2.34. The van der Waals surface area contributed by atoms with Crippen LogP contribution in [0, 0.1) is 19.7 Å². The summed E-state index contributed by atoms with van der Waals surface area (Å²) in [6.07, 6.45) is 2.91. The molecule has 4 aromatic rings. The first kappa shape index (κ1) is 17.9. The minimum atomic E-state index is -0.159. The number of pyridine rings is 1. The van der Waals surface area contributed by atoms with E-state index in [-0.39, 0.29) is 5.82 Å². The lowest BCUT2D eigenvalue weighted by molar-refractivity contribution is 0.600. The largest absolute Gasteiger partial charge is 0.351 e. The van der Waals surface area contributed by atoms with E-state index in [0.29, 0.717) is 12.1 Å². The third-order valence-electron chi connectivity index (χ3n) is 6.24. The molecule has 0 saturated carbocycles. The van der Waals surface area contributed by atoms with Crippen LogP contribution in [0.15, 0.2) is 60.8 Å². The molecule has 0 atom stereocenters. The number of benzene rings is 2. The van der Waals surface area contributed by atoms with E-state index >= 15 is 0 Å². The van der Waals surface area contributed by atoms with Crippen LogP contribution in [0.2, 0.25) is 0 Å². The van der Waals surface area contributed by atoms with Gasteiger partial charge in [-0.15, -0.1) is 0 Å². The third-order valence-corrected chi connectivity index (χ3v) is 6.24. The normalized spacial score (nSPS) is 13.7. The summed E-state index contributed by atoms with van der Waals surface area (Å²) < 4.78 is 16.5. The predicted octanol–water partition coefficient (Wildman–Crippen LogP) is 5.40. The van der Waals surface area contributed by atoms with Crippen LogP contribution in [-0.4, -0.2) is 16.1 Å². The standard InChI is InChI=1S/C25H24FN3/c1-17-18(2)29(16-21-9-5-6-10-22(21)26)23-11-13-27-25(24(17)23)28-14-12-19-7-3-4-8-20(19)15-28/h3-11,13H,12,14-16H2,1-2H3. The molecule has 5 rings (SSSR count). The lowest BCUT2D eigenvalue weighted by Gasteiger charge is -2.30. The maximum Gasteiger partial charge on any atom is 0.138 e. The monoisotopic (exact) mass is 385 g/mol. The zero-order valence-corrected chi connectivity index (χ0v) is 16.8. The molecule has 0 fully saturated rings. The lowest BCUT2D eigenvalue weighted by Crippen LogP contribution is -2.31. The summed E-state index contributed by atoms with van der Waals surface area (Å²) in [6, 6.07) is 17.7. The zero-order chi connectivity index (χ0) is 20.0. The van der Waals surface area contributed by atoms with Crippen LogP contribution >= 0.6 is 0 Å². The number of rotatable bonds is 3. The van der Waals surface area contributed by atoms with Gasteiger partial charge in [-0.2, -0.15) is 0 Å². The molecule has 0 aliphatic carbocycles. The van der Waals surface area contributed by atoms with Gasteiger partial charge in [-0.25, -0.2) is 9.37 Å². The van der Waals surface area contributed by atoms with E-state index < -0.39 is 0 Å². The van der Waals surface area contributed by atoms with Crippen LogP contribution in [0.3, 0.4) is 0 Å². The zero-order valence-electron chi connectivity index (χ0n) is 16.8. The van der Waals surface area contributed by atoms with Crippen molar-refractivity contribution in [2.45, 2.75) is 33.4 Å². The Morgan fingerprint density at radius 2 is 1.72 bits per heavy atom. The van der Waals surface area contributed by atoms with Gasteiger partial charge in [0.05, 0.1) is 12.1 Å². The fourth-order valence-corrected chi connectivity index (χ4v) is 4.51. The van der Waals surface area contributed by atoms with E-state index in [1.807, 2.05) is 18.3 Å². The molecular weight excluding hydrogens is 361 g/mol. The van der Waals surface area contributed by atoms with E-state index in [9.17, 15) is 4.39 Å². The molecule has 2 aromatic heterocycles. The molecule has 0 unspecified atom stereocenters. The second-order valence-corrected chi connectivity index (χ2v) is 7.86. The Kier molecular flexibility index (Phi) is 4.35. The highest BCUT2D eigenvalue weighted by molar-refractivity contribution is 5.95. The minimum absolute atomic E-state index is 0.159. The van der Waals surface area contributed by atoms with E-state index in [1.54, 1.807) is 6.07 Å². The Morgan fingerprint density at radius 3 is 2.55 bits per heavy atom. The second-order valence-electron chi connectivity index (χ2n) is 7.86. The summed E-state index contributed by atoms with van der Waals surface area (Å²) in [5, 5.41) is 1.18. The molecule has 3 heterocycles. The second kappa shape index (κ2) is 7.03. The molecule has 0 saturated heterocycles. The van der Waals surface area contributed by atoms with Crippen LogP contribution in [0.4, 0.5) is 10.2 Å². The molecule has 4 heteroatoms. The van der Waals surface area contributed by atoms with Gasteiger partial charge in [0.1, 0.15) is 11.6 Å². The fraction of sp³-hybridized carbons (Fsp3) is 0.240. The Morgan fingerprint density at radius 1 is 0.966 bits per heavy atom. The van der Waals surface area contributed by atoms with Crippen LogP contribution in [-0.2, 0) is 19.5 Å². The molecule has 2 aromatic carbocycles. The average Bonchev–Trinajstić information content (AvgIpc) is 3.00. The van der Waals surface area contributed by atoms with Gasteiger partial charge in [-0.05, 0) is 49.1 Å². The van der Waals surface area contributed by atoms with Crippen molar-refractivity contribution in [2.75, 3.05) is 11.4 Å². The smallest absolute Gasteiger partial charge is 0.138 e. The van der Waals surface area contributed by atoms with Crippen molar-refractivity contribution in [2.24, 2.45) is 0 Å². The molecule has 0 radical (unpaired) electrons. The first-order chi connectivity index (χ1) is 14.1. The van der Waals surface area contributed by atoms with Crippen molar-refractivity contribution in [1.82, 2.24) is 9.55 Å². The van der Waals surface area contributed by atoms with Crippen molar-refractivity contribution in [3.63, 3.8) is 0 Å². The molecule has 0 N–H and O–H groups in total. The van der Waals surface area contributed by atoms with E-state index in [4.69, 9.17) is 4.98 Å². The van der Waals surface area contributed by atoms with E-state index in [2.05, 4.69) is 53.6 Å². The van der Waals surface area contributed by atoms with Crippen LogP contribution in [0.25, 0.3) is 10.9 Å². The molecule has 146 valence electrons. The van der Waals surface area contributed by atoms with Gasteiger partial charge < -0.3 is 9.47 Å². The number of halogens is 1. The molecule has 1 aliphatic heterocycles. The number of aromatic nitrogens is 2. The van der Waals surface area contributed by atoms with Crippen molar-refractivity contribution < 1.29 is 4.39 Å². The molecule has 29 heavy (non-hydrogen) atoms. The lowest BCUT2D eigenvalue weighted by atomic mass is 9.99. The third kappa shape index (κ3) is 3.00. The van der Waals surface area contributed by atoms with Gasteiger partial charge >= 0.3 is 0 Å². The predicted molar refractivity (Wildman–Crippen MR) is 116 cm³/mol. The molecule has 0 spiro atoms. The first-order valence-corrected chi connectivity index (χ1v) is 10.1. The number of hydrogen-bond donors (Lipinski definition) is 0. The van der Waals surface area contributed by atoms with Crippen molar-refractivity contribution in [3.8, 4) is 0 Å². The quantitative estimate of drug-likeness (QED) is 0.471. The molecular formula is C25H24FN3. The van der Waals surface area contributed by atoms with Crippen LogP contribution in [0.5, 0.6) is 0 Å². The van der Waals surface area contributed by atoms with Crippen molar-refractivity contribution in [1.29, 1.82) is 0 Å². The van der Waals surface area contributed by atoms with Gasteiger partial charge in [-0.1, -0.05) is 42.5 Å². The number of aryl methyl sites for hydroxylation is 1. The molecule has 0 amide bonds. The number of fused-ring (bicyclic) bond motifs is 2. The summed E-state index contributed by atoms with van der Waals surface area (Å²) in [7, 11) is 0. The maximum atomic E-state index is 14.3. The van der Waals surface area contributed by atoms with Gasteiger partial charge in [0, 0.05) is 35.9 Å². The first-order valence-electron chi connectivity index (χ1n) is 10.1. The number of nitrogens with zero attached hydrogens (tertiary/aromatic N) is 3. The summed E-state index contributed by atoms with van der Waals surface area (Å²) in [5.41, 5.74) is 7.01.